The number of hydrogen-bond donors (Lipinski definition) is 1. The van der Waals surface area contributed by atoms with Gasteiger partial charge in [-0.05, 0) is 60.9 Å². The van der Waals surface area contributed by atoms with Crippen molar-refractivity contribution in [3.63, 3.8) is 0 Å². The van der Waals surface area contributed by atoms with Gasteiger partial charge < -0.3 is 14.7 Å². The molecular weight excluding hydrogens is 518 g/mol. The molecule has 1 amide bonds. The largest absolute Gasteiger partial charge is 0.478 e. The molecule has 9 nitrogen and oxygen atoms in total. The number of carboxylic acid groups (broad SMARTS) is 1. The van der Waals surface area contributed by atoms with Crippen LogP contribution in [0, 0.1) is 0 Å². The Morgan fingerprint density at radius 1 is 0.878 bits per heavy atom. The van der Waals surface area contributed by atoms with Gasteiger partial charge >= 0.3 is 12.1 Å². The van der Waals surface area contributed by atoms with Crippen molar-refractivity contribution in [2.24, 2.45) is 0 Å². The second kappa shape index (κ2) is 9.05. The average Bonchev–Trinajstić information content (AvgIpc) is 3.35. The number of benzene rings is 3. The molecule has 7 rings (SSSR count). The van der Waals surface area contributed by atoms with Crippen molar-refractivity contribution in [3.05, 3.63) is 84.8 Å². The van der Waals surface area contributed by atoms with Gasteiger partial charge in [0.05, 0.1) is 23.8 Å². The molecule has 3 aromatic carbocycles. The maximum absolute atomic E-state index is 12.4. The van der Waals surface area contributed by atoms with Crippen molar-refractivity contribution < 1.29 is 19.4 Å². The number of hydrogen-bond acceptors (Lipinski definition) is 6. The predicted molar refractivity (Wildman–Crippen MR) is 156 cm³/mol. The number of piperazine rings is 1. The van der Waals surface area contributed by atoms with Crippen LogP contribution in [0.4, 0.5) is 10.5 Å². The topological polar surface area (TPSA) is 100 Å². The number of aromatic nitrogens is 3. The third-order valence-corrected chi connectivity index (χ3v) is 7.97. The lowest BCUT2D eigenvalue weighted by Gasteiger charge is -2.62. The summed E-state index contributed by atoms with van der Waals surface area (Å²) in [4.78, 5) is 33.0. The van der Waals surface area contributed by atoms with Crippen molar-refractivity contribution in [1.29, 1.82) is 0 Å². The number of carboxylic acids is 1. The van der Waals surface area contributed by atoms with Crippen molar-refractivity contribution in [3.8, 4) is 22.3 Å². The number of likely N-dealkylation sites (tertiary alicyclic amines) is 1. The van der Waals surface area contributed by atoms with Crippen LogP contribution in [0.5, 0.6) is 0 Å². The summed E-state index contributed by atoms with van der Waals surface area (Å²) in [5.41, 5.74) is 5.30. The SMILES string of the molecule is CC(C)(C)OC(=O)N1CC2C1CN2c1ccc(-c2cnc3c(-c4ccc(C(=O)O)c5ccccc45)cnn3c2)cc1. The molecular formula is C32H29N5O4. The minimum Gasteiger partial charge on any atom is -0.478 e. The van der Waals surface area contributed by atoms with E-state index in [0.29, 0.717) is 23.6 Å². The molecule has 2 aliphatic rings. The molecule has 0 saturated carbocycles. The third-order valence-electron chi connectivity index (χ3n) is 7.97. The molecule has 2 atom stereocenters. The first-order chi connectivity index (χ1) is 19.7. The highest BCUT2D eigenvalue weighted by Crippen LogP contribution is 2.39. The fourth-order valence-corrected chi connectivity index (χ4v) is 5.86. The van der Waals surface area contributed by atoms with E-state index in [1.165, 1.54) is 0 Å². The molecule has 2 fully saturated rings. The molecule has 5 aromatic rings. The van der Waals surface area contributed by atoms with Gasteiger partial charge in [0.25, 0.3) is 0 Å². The van der Waals surface area contributed by atoms with Gasteiger partial charge in [-0.1, -0.05) is 42.5 Å². The summed E-state index contributed by atoms with van der Waals surface area (Å²) in [6.45, 7) is 7.14. The summed E-state index contributed by atoms with van der Waals surface area (Å²) in [6, 6.07) is 19.9. The Labute approximate surface area is 236 Å². The van der Waals surface area contributed by atoms with Crippen molar-refractivity contribution in [1.82, 2.24) is 19.5 Å². The maximum atomic E-state index is 12.4. The minimum absolute atomic E-state index is 0.211. The van der Waals surface area contributed by atoms with Gasteiger partial charge in [-0.25, -0.2) is 19.1 Å². The number of nitrogens with zero attached hydrogens (tertiary/aromatic N) is 5. The summed E-state index contributed by atoms with van der Waals surface area (Å²) < 4.78 is 7.29. The molecule has 2 unspecified atom stereocenters. The molecule has 4 heterocycles. The van der Waals surface area contributed by atoms with Crippen LogP contribution < -0.4 is 4.90 Å². The van der Waals surface area contributed by atoms with Crippen molar-refractivity contribution in [2.75, 3.05) is 18.0 Å². The van der Waals surface area contributed by atoms with E-state index in [9.17, 15) is 14.7 Å². The smallest absolute Gasteiger partial charge is 0.410 e. The van der Waals surface area contributed by atoms with E-state index in [1.807, 2.05) is 68.4 Å². The zero-order chi connectivity index (χ0) is 28.5. The molecule has 41 heavy (non-hydrogen) atoms. The van der Waals surface area contributed by atoms with Crippen LogP contribution in [-0.2, 0) is 4.74 Å². The molecule has 2 saturated heterocycles. The second-order valence-electron chi connectivity index (χ2n) is 11.6. The number of aromatic carboxylic acids is 1. The van der Waals surface area contributed by atoms with Crippen LogP contribution in [0.2, 0.25) is 0 Å². The Bertz CT molecular complexity index is 1840. The zero-order valence-corrected chi connectivity index (χ0v) is 23.0. The van der Waals surface area contributed by atoms with Crippen molar-refractivity contribution >= 4 is 34.2 Å². The van der Waals surface area contributed by atoms with E-state index in [1.54, 1.807) is 16.8 Å². The maximum Gasteiger partial charge on any atom is 0.410 e. The molecule has 9 heteroatoms. The Kier molecular flexibility index (Phi) is 5.54. The molecule has 0 aliphatic carbocycles. The van der Waals surface area contributed by atoms with E-state index < -0.39 is 11.6 Å². The number of carbonyl (C=O) groups excluding carboxylic acids is 1. The number of carbonyl (C=O) groups is 2. The predicted octanol–water partition coefficient (Wildman–Crippen LogP) is 5.72. The van der Waals surface area contributed by atoms with E-state index in [2.05, 4.69) is 34.3 Å². The lowest BCUT2D eigenvalue weighted by molar-refractivity contribution is -0.0310. The van der Waals surface area contributed by atoms with E-state index in [0.717, 1.165) is 39.9 Å². The quantitative estimate of drug-likeness (QED) is 0.307. The molecule has 2 aromatic heterocycles. The van der Waals surface area contributed by atoms with Gasteiger partial charge in [-0.15, -0.1) is 0 Å². The Hall–Kier alpha value is -4.92. The standard InChI is InChI=1S/C32H29N5O4/c1-32(2,3)41-31(40)36-18-27-28(36)17-35(27)21-10-8-19(9-11-21)20-14-33-29-26(15-34-37(29)16-20)24-12-13-25(30(38)39)23-7-5-4-6-22(23)24/h4-16,27-28H,17-18H2,1-3H3,(H,38,39). The van der Waals surface area contributed by atoms with Crippen LogP contribution in [0.25, 0.3) is 38.7 Å². The van der Waals surface area contributed by atoms with E-state index >= 15 is 0 Å². The monoisotopic (exact) mass is 547 g/mol. The first-order valence-electron chi connectivity index (χ1n) is 13.6. The van der Waals surface area contributed by atoms with Gasteiger partial charge in [0.2, 0.25) is 0 Å². The number of fused-ring (bicyclic) bond motifs is 3. The van der Waals surface area contributed by atoms with Crippen LogP contribution in [0.1, 0.15) is 31.1 Å². The Morgan fingerprint density at radius 3 is 2.32 bits per heavy atom. The summed E-state index contributed by atoms with van der Waals surface area (Å²) in [7, 11) is 0. The van der Waals surface area contributed by atoms with Crippen LogP contribution in [0.15, 0.2) is 79.3 Å². The zero-order valence-electron chi connectivity index (χ0n) is 23.0. The molecule has 1 N–H and O–H groups in total. The Balaban J connectivity index is 1.10. The highest BCUT2D eigenvalue weighted by atomic mass is 16.6. The lowest BCUT2D eigenvalue weighted by Crippen LogP contribution is -2.80. The van der Waals surface area contributed by atoms with Gasteiger partial charge in [0, 0.05) is 42.3 Å². The number of anilines is 1. The molecule has 0 bridgehead atoms. The number of ether oxygens (including phenoxy) is 1. The molecule has 2 aliphatic heterocycles. The number of rotatable bonds is 4. The first kappa shape index (κ1) is 25.1. The fraction of sp³-hybridized carbons (Fsp3) is 0.250. The van der Waals surface area contributed by atoms with E-state index in [4.69, 9.17) is 9.72 Å². The average molecular weight is 548 g/mol. The van der Waals surface area contributed by atoms with Crippen LogP contribution in [0.3, 0.4) is 0 Å². The lowest BCUT2D eigenvalue weighted by atomic mass is 9.85. The molecule has 206 valence electrons. The normalized spacial score (nSPS) is 18.1. The molecule has 0 spiro atoms. The third kappa shape index (κ3) is 4.16. The summed E-state index contributed by atoms with van der Waals surface area (Å²) in [5.74, 6) is -0.953. The van der Waals surface area contributed by atoms with Crippen molar-refractivity contribution in [2.45, 2.75) is 38.5 Å². The van der Waals surface area contributed by atoms with Gasteiger partial charge in [0.15, 0.2) is 5.65 Å². The number of amides is 1. The van der Waals surface area contributed by atoms with Crippen LogP contribution in [-0.4, -0.2) is 67.4 Å². The van der Waals surface area contributed by atoms with Crippen LogP contribution >= 0.6 is 0 Å². The van der Waals surface area contributed by atoms with Gasteiger partial charge in [0.1, 0.15) is 5.60 Å². The molecule has 0 radical (unpaired) electrons. The minimum atomic E-state index is -0.953. The van der Waals surface area contributed by atoms with E-state index in [-0.39, 0.29) is 17.7 Å². The highest BCUT2D eigenvalue weighted by Gasteiger charge is 2.54. The first-order valence-corrected chi connectivity index (χ1v) is 13.6. The fourth-order valence-electron chi connectivity index (χ4n) is 5.86. The van der Waals surface area contributed by atoms with Gasteiger partial charge in [-0.3, -0.25) is 4.90 Å². The summed E-state index contributed by atoms with van der Waals surface area (Å²) in [6.07, 6.45) is 5.34. The van der Waals surface area contributed by atoms with Gasteiger partial charge in [-0.2, -0.15) is 5.10 Å². The summed E-state index contributed by atoms with van der Waals surface area (Å²) in [5, 5.41) is 15.7. The second-order valence-corrected chi connectivity index (χ2v) is 11.6. The Morgan fingerprint density at radius 2 is 1.63 bits per heavy atom. The highest BCUT2D eigenvalue weighted by molar-refractivity contribution is 6.09. The summed E-state index contributed by atoms with van der Waals surface area (Å²) >= 11 is 0.